The van der Waals surface area contributed by atoms with Crippen molar-refractivity contribution >= 4 is 23.1 Å². The van der Waals surface area contributed by atoms with Crippen LogP contribution in [0.25, 0.3) is 5.65 Å². The molecule has 122 valence electrons. The number of esters is 1. The van der Waals surface area contributed by atoms with E-state index in [9.17, 15) is 14.3 Å². The highest BCUT2D eigenvalue weighted by Gasteiger charge is 2.17. The number of ether oxygens (including phenoxy) is 1. The predicted octanol–water partition coefficient (Wildman–Crippen LogP) is 3.31. The average molecular weight is 328 g/mol. The lowest BCUT2D eigenvalue weighted by Crippen LogP contribution is -2.04. The molecule has 0 amide bonds. The zero-order valence-electron chi connectivity index (χ0n) is 12.7. The number of methoxy groups -OCH3 is 1. The van der Waals surface area contributed by atoms with Crippen LogP contribution >= 0.6 is 0 Å². The summed E-state index contributed by atoms with van der Waals surface area (Å²) in [5.41, 5.74) is 0.541. The number of imidazole rings is 1. The predicted molar refractivity (Wildman–Crippen MR) is 83.2 cm³/mol. The quantitative estimate of drug-likeness (QED) is 0.588. The Kier molecular flexibility index (Phi) is 4.19. The molecule has 3 aromatic rings. The van der Waals surface area contributed by atoms with Crippen LogP contribution in [-0.4, -0.2) is 27.6 Å². The highest BCUT2D eigenvalue weighted by molar-refractivity contribution is 5.74. The topological polar surface area (TPSA) is 88.5 Å². The van der Waals surface area contributed by atoms with E-state index < -0.39 is 11.8 Å². The average Bonchev–Trinajstić information content (AvgIpc) is 2.93. The van der Waals surface area contributed by atoms with Crippen molar-refractivity contribution in [2.75, 3.05) is 7.11 Å². The lowest BCUT2D eigenvalue weighted by Gasteiger charge is -1.99. The number of rotatable bonds is 4. The first-order valence-corrected chi connectivity index (χ1v) is 7.02. The lowest BCUT2D eigenvalue weighted by molar-refractivity contribution is -0.139. The molecule has 0 fully saturated rings. The third kappa shape index (κ3) is 2.94. The number of hydrogen-bond donors (Lipinski definition) is 1. The van der Waals surface area contributed by atoms with Crippen LogP contribution in [0.4, 0.5) is 15.9 Å². The standard InChI is InChI=1S/C16H13FN4O3/c1-24-14(23)9-12-15(20-19-11-6-3-2-5-10(11)17)21-8-4-7-13(22)16(21)18-12/h2-8,22H,9H2,1H3. The van der Waals surface area contributed by atoms with Crippen LogP contribution in [0.5, 0.6) is 5.75 Å². The largest absolute Gasteiger partial charge is 0.504 e. The number of aromatic hydroxyl groups is 1. The second-order valence-corrected chi connectivity index (χ2v) is 4.87. The zero-order valence-corrected chi connectivity index (χ0v) is 12.7. The van der Waals surface area contributed by atoms with Crippen molar-refractivity contribution in [3.8, 4) is 5.75 Å². The van der Waals surface area contributed by atoms with Crippen molar-refractivity contribution in [3.05, 3.63) is 54.1 Å². The van der Waals surface area contributed by atoms with Crippen LogP contribution < -0.4 is 0 Å². The Morgan fingerprint density at radius 2 is 2.08 bits per heavy atom. The van der Waals surface area contributed by atoms with E-state index in [1.807, 2.05) is 0 Å². The summed E-state index contributed by atoms with van der Waals surface area (Å²) in [5, 5.41) is 17.8. The smallest absolute Gasteiger partial charge is 0.311 e. The van der Waals surface area contributed by atoms with Crippen molar-refractivity contribution in [2.45, 2.75) is 6.42 Å². The molecule has 2 heterocycles. The highest BCUT2D eigenvalue weighted by Crippen LogP contribution is 2.29. The maximum Gasteiger partial charge on any atom is 0.311 e. The lowest BCUT2D eigenvalue weighted by atomic mass is 10.3. The third-order valence-corrected chi connectivity index (χ3v) is 3.32. The van der Waals surface area contributed by atoms with Gasteiger partial charge in [0, 0.05) is 6.20 Å². The van der Waals surface area contributed by atoms with Gasteiger partial charge < -0.3 is 9.84 Å². The number of fused-ring (bicyclic) bond motifs is 1. The molecule has 2 aromatic heterocycles. The van der Waals surface area contributed by atoms with E-state index in [1.54, 1.807) is 24.4 Å². The number of hydrogen-bond acceptors (Lipinski definition) is 6. The van der Waals surface area contributed by atoms with Crippen molar-refractivity contribution in [1.82, 2.24) is 9.38 Å². The minimum Gasteiger partial charge on any atom is -0.504 e. The van der Waals surface area contributed by atoms with Crippen molar-refractivity contribution in [1.29, 1.82) is 0 Å². The molecule has 0 radical (unpaired) electrons. The summed E-state index contributed by atoms with van der Waals surface area (Å²) in [4.78, 5) is 15.8. The summed E-state index contributed by atoms with van der Waals surface area (Å²) >= 11 is 0. The Hall–Kier alpha value is -3.29. The van der Waals surface area contributed by atoms with Gasteiger partial charge in [-0.3, -0.25) is 9.20 Å². The number of benzene rings is 1. The van der Waals surface area contributed by atoms with Gasteiger partial charge in [-0.05, 0) is 24.3 Å². The molecule has 7 nitrogen and oxygen atoms in total. The van der Waals surface area contributed by atoms with Gasteiger partial charge in [-0.25, -0.2) is 9.37 Å². The van der Waals surface area contributed by atoms with Crippen LogP contribution in [-0.2, 0) is 16.0 Å². The fourth-order valence-electron chi connectivity index (χ4n) is 2.16. The summed E-state index contributed by atoms with van der Waals surface area (Å²) in [6.45, 7) is 0. The van der Waals surface area contributed by atoms with Crippen molar-refractivity contribution in [3.63, 3.8) is 0 Å². The second-order valence-electron chi connectivity index (χ2n) is 4.87. The number of azo groups is 1. The van der Waals surface area contributed by atoms with E-state index in [0.29, 0.717) is 0 Å². The van der Waals surface area contributed by atoms with Gasteiger partial charge in [0.1, 0.15) is 5.69 Å². The van der Waals surface area contributed by atoms with Crippen LogP contribution in [0.3, 0.4) is 0 Å². The van der Waals surface area contributed by atoms with E-state index in [4.69, 9.17) is 0 Å². The Morgan fingerprint density at radius 3 is 2.83 bits per heavy atom. The number of carbonyl (C=O) groups excluding carboxylic acids is 1. The summed E-state index contributed by atoms with van der Waals surface area (Å²) in [6, 6.07) is 8.97. The monoisotopic (exact) mass is 328 g/mol. The molecule has 1 N–H and O–H groups in total. The first-order valence-electron chi connectivity index (χ1n) is 7.02. The first-order chi connectivity index (χ1) is 11.6. The van der Waals surface area contributed by atoms with Gasteiger partial charge in [-0.2, -0.15) is 0 Å². The van der Waals surface area contributed by atoms with E-state index in [-0.39, 0.29) is 35.0 Å². The van der Waals surface area contributed by atoms with Crippen LogP contribution in [0, 0.1) is 5.82 Å². The normalized spacial score (nSPS) is 11.2. The Labute approximate surface area is 136 Å². The molecule has 0 spiro atoms. The third-order valence-electron chi connectivity index (χ3n) is 3.32. The molecule has 0 atom stereocenters. The van der Waals surface area contributed by atoms with E-state index in [1.165, 1.54) is 29.7 Å². The summed E-state index contributed by atoms with van der Waals surface area (Å²) in [6.07, 6.45) is 1.46. The van der Waals surface area contributed by atoms with E-state index in [2.05, 4.69) is 19.9 Å². The molecule has 0 aliphatic heterocycles. The van der Waals surface area contributed by atoms with Gasteiger partial charge in [0.05, 0.1) is 19.2 Å². The van der Waals surface area contributed by atoms with Crippen LogP contribution in [0.15, 0.2) is 52.8 Å². The number of halogens is 1. The number of carbonyl (C=O) groups is 1. The van der Waals surface area contributed by atoms with Crippen LogP contribution in [0.1, 0.15) is 5.69 Å². The minimum atomic E-state index is -0.521. The Bertz CT molecular complexity index is 936. The Balaban J connectivity index is 2.10. The number of nitrogens with zero attached hydrogens (tertiary/aromatic N) is 4. The fraction of sp³-hybridized carbons (Fsp3) is 0.125. The second kappa shape index (κ2) is 6.45. The summed E-state index contributed by atoms with van der Waals surface area (Å²) in [5.74, 6) is -0.891. The van der Waals surface area contributed by atoms with E-state index in [0.717, 1.165) is 0 Å². The molecule has 0 aliphatic carbocycles. The molecule has 24 heavy (non-hydrogen) atoms. The van der Waals surface area contributed by atoms with Gasteiger partial charge in [-0.1, -0.05) is 12.1 Å². The van der Waals surface area contributed by atoms with Crippen LogP contribution in [0.2, 0.25) is 0 Å². The molecule has 0 aliphatic rings. The Morgan fingerprint density at radius 1 is 1.29 bits per heavy atom. The molecule has 1 aromatic carbocycles. The molecule has 0 bridgehead atoms. The van der Waals surface area contributed by atoms with E-state index >= 15 is 0 Å². The van der Waals surface area contributed by atoms with Gasteiger partial charge in [0.2, 0.25) is 0 Å². The maximum absolute atomic E-state index is 13.7. The van der Waals surface area contributed by atoms with Gasteiger partial charge in [0.25, 0.3) is 0 Å². The fourth-order valence-corrected chi connectivity index (χ4v) is 2.16. The number of aromatic nitrogens is 2. The van der Waals surface area contributed by atoms with Gasteiger partial charge >= 0.3 is 5.97 Å². The molecular weight excluding hydrogens is 315 g/mol. The van der Waals surface area contributed by atoms with Crippen molar-refractivity contribution in [2.24, 2.45) is 10.2 Å². The van der Waals surface area contributed by atoms with Crippen molar-refractivity contribution < 1.29 is 19.0 Å². The maximum atomic E-state index is 13.7. The van der Waals surface area contributed by atoms with Gasteiger partial charge in [0.15, 0.2) is 23.0 Å². The molecule has 3 rings (SSSR count). The minimum absolute atomic E-state index is 0.0524. The number of pyridine rings is 1. The SMILES string of the molecule is COC(=O)Cc1nc2c(O)cccn2c1N=Nc1ccccc1F. The molecule has 0 saturated carbocycles. The molecule has 0 saturated heterocycles. The zero-order chi connectivity index (χ0) is 17.1. The molecular formula is C16H13FN4O3. The highest BCUT2D eigenvalue weighted by atomic mass is 19.1. The van der Waals surface area contributed by atoms with Gasteiger partial charge in [-0.15, -0.1) is 10.2 Å². The first kappa shape index (κ1) is 15.6. The summed E-state index contributed by atoms with van der Waals surface area (Å²) in [7, 11) is 1.26. The molecule has 0 unspecified atom stereocenters. The summed E-state index contributed by atoms with van der Waals surface area (Å²) < 4.78 is 19.8. The molecule has 8 heteroatoms.